The van der Waals surface area contributed by atoms with Gasteiger partial charge in [0, 0.05) is 66.1 Å². The molecule has 15 aromatic carbocycles. The van der Waals surface area contributed by atoms with Gasteiger partial charge in [-0.2, -0.15) is 42.1 Å². The van der Waals surface area contributed by atoms with Crippen molar-refractivity contribution in [3.05, 3.63) is 372 Å². The van der Waals surface area contributed by atoms with Gasteiger partial charge in [-0.25, -0.2) is 29.9 Å². The summed E-state index contributed by atoms with van der Waals surface area (Å²) in [4.78, 5) is 31.4. The number of aromatic nitrogens is 8. The molecule has 19 aromatic rings. The van der Waals surface area contributed by atoms with Crippen LogP contribution in [0.15, 0.2) is 328 Å². The predicted octanol–water partition coefficient (Wildman–Crippen LogP) is 23.2. The van der Waals surface area contributed by atoms with Gasteiger partial charge in [0.15, 0.2) is 34.9 Å². The summed E-state index contributed by atoms with van der Waals surface area (Å²) in [6.45, 7) is 0. The van der Waals surface area contributed by atoms with Crippen molar-refractivity contribution in [3.63, 3.8) is 0 Å². The number of fused-ring (bicyclic) bond motifs is 6. The largest absolute Gasteiger partial charge is 0.309 e. The Hall–Kier alpha value is -18.2. The third-order valence-electron chi connectivity index (χ3n) is 21.5. The van der Waals surface area contributed by atoms with Crippen LogP contribution in [0.25, 0.3) is 190 Å². The third-order valence-corrected chi connectivity index (χ3v) is 21.5. The molecule has 120 heavy (non-hydrogen) atoms. The van der Waals surface area contributed by atoms with Crippen molar-refractivity contribution in [2.45, 2.75) is 0 Å². The van der Waals surface area contributed by atoms with E-state index in [-0.39, 0.29) is 0 Å². The van der Waals surface area contributed by atoms with Crippen LogP contribution in [0.4, 0.5) is 0 Å². The lowest BCUT2D eigenvalue weighted by Gasteiger charge is -2.19. The molecule has 0 amide bonds. The van der Waals surface area contributed by atoms with Crippen LogP contribution in [-0.4, -0.2) is 39.0 Å². The number of rotatable bonds is 14. The number of nitrogens with zero attached hydrogens (tertiary/aromatic N) is 16. The van der Waals surface area contributed by atoms with E-state index in [2.05, 4.69) is 149 Å². The quantitative estimate of drug-likeness (QED) is 0.0979. The smallest absolute Gasteiger partial charge is 0.164 e. The molecular formula is C104H54N16. The van der Waals surface area contributed by atoms with Gasteiger partial charge in [0.25, 0.3) is 0 Å². The summed E-state index contributed by atoms with van der Waals surface area (Å²) in [5.74, 6) is 2.73. The van der Waals surface area contributed by atoms with Gasteiger partial charge in [-0.15, -0.1) is 0 Å². The van der Waals surface area contributed by atoms with E-state index >= 15 is 0 Å². The molecular weight excluding hydrogens is 1470 g/mol. The first-order chi connectivity index (χ1) is 59.0. The molecule has 0 aliphatic rings. The molecule has 4 aromatic heterocycles. The van der Waals surface area contributed by atoms with Crippen LogP contribution in [0.5, 0.6) is 0 Å². The molecule has 0 bridgehead atoms. The molecule has 0 atom stereocenters. The molecule has 0 unspecified atom stereocenters. The lowest BCUT2D eigenvalue weighted by Crippen LogP contribution is -2.02. The van der Waals surface area contributed by atoms with Crippen LogP contribution in [0.1, 0.15) is 44.5 Å². The van der Waals surface area contributed by atoms with E-state index in [1.807, 2.05) is 164 Å². The number of benzene rings is 15. The first-order valence-corrected chi connectivity index (χ1v) is 38.1. The highest BCUT2D eigenvalue weighted by Crippen LogP contribution is 2.46. The Morgan fingerprint density at radius 3 is 0.617 bits per heavy atom. The summed E-state index contributed by atoms with van der Waals surface area (Å²) < 4.78 is 4.47. The Kier molecular flexibility index (Phi) is 18.3. The highest BCUT2D eigenvalue weighted by molar-refractivity contribution is 6.14. The summed E-state index contributed by atoms with van der Waals surface area (Å²) in [5, 5.41) is 85.5. The van der Waals surface area contributed by atoms with Crippen molar-refractivity contribution in [1.29, 1.82) is 42.1 Å². The van der Waals surface area contributed by atoms with Crippen LogP contribution in [0.3, 0.4) is 0 Å². The van der Waals surface area contributed by atoms with Gasteiger partial charge < -0.3 is 9.13 Å². The minimum atomic E-state index is 0.335. The van der Waals surface area contributed by atoms with Crippen molar-refractivity contribution < 1.29 is 0 Å². The summed E-state index contributed by atoms with van der Waals surface area (Å²) in [6.07, 6.45) is 0. The fourth-order valence-electron chi connectivity index (χ4n) is 15.9. The minimum Gasteiger partial charge on any atom is -0.309 e. The highest BCUT2D eigenvalue weighted by atomic mass is 15.1. The molecule has 0 saturated carbocycles. The SMILES string of the molecule is N#Cc1cc(C#N)cc(-c2ccc3c(c2)c2cc(-c4cc(C#N)cc(C#N)c4)ccc2n3-c2ccc(-c3nc(-c4ccccc4)nc(-c4ccccc4)n3)cc2-c2cccc(-c3cc(-c4nc(-c5ccccc5)nc(-c5ccccc5)n4)ccc3-n3c4ccc(-c5cc(C#N)cc(C#N)c5)cc4c4cc(-c5cc(C#N)cc(C#N)c5)ccc43)c2)c1. The Bertz CT molecular complexity index is 6910. The topological polar surface area (TPSA) is 278 Å². The van der Waals surface area contributed by atoms with Gasteiger partial charge in [0.2, 0.25) is 0 Å². The van der Waals surface area contributed by atoms with Crippen LogP contribution in [-0.2, 0) is 0 Å². The second-order valence-corrected chi connectivity index (χ2v) is 28.8. The molecule has 0 aliphatic heterocycles. The summed E-state index contributed by atoms with van der Waals surface area (Å²) in [7, 11) is 0. The summed E-state index contributed by atoms with van der Waals surface area (Å²) in [5.41, 5.74) is 20.7. The summed E-state index contributed by atoms with van der Waals surface area (Å²) in [6, 6.07) is 123. The molecule has 4 heterocycles. The molecule has 0 saturated heterocycles. The van der Waals surface area contributed by atoms with Crippen LogP contribution < -0.4 is 0 Å². The monoisotopic (exact) mass is 1530 g/mol. The van der Waals surface area contributed by atoms with Gasteiger partial charge in [0.05, 0.1) is 127 Å². The molecule has 550 valence electrons. The lowest BCUT2D eigenvalue weighted by atomic mass is 9.94. The third kappa shape index (κ3) is 13.4. The fourth-order valence-corrected chi connectivity index (χ4v) is 15.9. The van der Waals surface area contributed by atoms with Gasteiger partial charge in [-0.05, 0) is 219 Å². The molecule has 0 N–H and O–H groups in total. The Balaban J connectivity index is 0.892. The van der Waals surface area contributed by atoms with E-state index in [0.29, 0.717) is 113 Å². The fraction of sp³-hybridized carbons (Fsp3) is 0. The van der Waals surface area contributed by atoms with E-state index < -0.39 is 0 Å². The van der Waals surface area contributed by atoms with E-state index in [9.17, 15) is 42.1 Å². The standard InChI is InChI=1S/C104H54N16/c105-55-63-36-64(56-106)41-83(40-63)75-24-30-95-89(49-75)90-50-76(84-42-65(57-107)37-66(43-84)58-108)25-31-96(90)119(95)93-34-28-81(103-115-99(71-14-5-1-6-15-71)113-100(116-103)72-16-7-2-8-17-72)53-87(93)79-22-13-23-80(48-79)88-54-82(104-117-101(73-18-9-3-10-19-73)114-102(118-104)74-20-11-4-12-21-74)29-35-94(88)120-97-32-26-77(85-44-67(59-109)38-68(45-85)60-110)51-91(97)92-52-78(27-33-98(92)120)86-46-69(61-111)39-70(47-86)62-112/h1-54H. The van der Waals surface area contributed by atoms with E-state index in [1.165, 1.54) is 0 Å². The number of hydrogen-bond donors (Lipinski definition) is 0. The maximum absolute atomic E-state index is 10.3. The molecule has 0 aliphatic carbocycles. The van der Waals surface area contributed by atoms with Crippen LogP contribution in [0.2, 0.25) is 0 Å². The Morgan fingerprint density at radius 1 is 0.167 bits per heavy atom. The minimum absolute atomic E-state index is 0.335. The zero-order valence-corrected chi connectivity index (χ0v) is 63.3. The highest BCUT2D eigenvalue weighted by Gasteiger charge is 2.26. The second-order valence-electron chi connectivity index (χ2n) is 28.8. The van der Waals surface area contributed by atoms with Gasteiger partial charge in [0.1, 0.15) is 0 Å². The van der Waals surface area contributed by atoms with Crippen molar-refractivity contribution in [1.82, 2.24) is 39.0 Å². The molecule has 19 rings (SSSR count). The molecule has 16 nitrogen and oxygen atoms in total. The van der Waals surface area contributed by atoms with Gasteiger partial charge in [-0.1, -0.05) is 164 Å². The van der Waals surface area contributed by atoms with Crippen molar-refractivity contribution in [2.75, 3.05) is 0 Å². The average Bonchev–Trinajstić information content (AvgIpc) is 1.57. The van der Waals surface area contributed by atoms with Crippen molar-refractivity contribution in [3.8, 4) is 195 Å². The first-order valence-electron chi connectivity index (χ1n) is 38.1. The molecule has 0 radical (unpaired) electrons. The van der Waals surface area contributed by atoms with E-state index in [4.69, 9.17) is 29.9 Å². The van der Waals surface area contributed by atoms with E-state index in [1.54, 1.807) is 72.8 Å². The van der Waals surface area contributed by atoms with Crippen LogP contribution in [0, 0.1) is 90.6 Å². The zero-order valence-electron chi connectivity index (χ0n) is 63.3. The number of hydrogen-bond acceptors (Lipinski definition) is 14. The van der Waals surface area contributed by atoms with Crippen molar-refractivity contribution in [2.24, 2.45) is 0 Å². The lowest BCUT2D eigenvalue weighted by molar-refractivity contribution is 1.07. The van der Waals surface area contributed by atoms with Crippen molar-refractivity contribution >= 4 is 43.6 Å². The molecule has 0 fully saturated rings. The summed E-state index contributed by atoms with van der Waals surface area (Å²) >= 11 is 0. The Morgan fingerprint density at radius 2 is 0.383 bits per heavy atom. The maximum Gasteiger partial charge on any atom is 0.164 e. The number of nitriles is 8. The molecule has 0 spiro atoms. The van der Waals surface area contributed by atoms with Gasteiger partial charge in [-0.3, -0.25) is 0 Å². The van der Waals surface area contributed by atoms with Gasteiger partial charge >= 0.3 is 0 Å². The molecule has 16 heteroatoms. The predicted molar refractivity (Wildman–Crippen MR) is 465 cm³/mol. The first kappa shape index (κ1) is 72.1. The van der Waals surface area contributed by atoms with Crippen LogP contribution >= 0.6 is 0 Å². The maximum atomic E-state index is 10.3. The normalized spacial score (nSPS) is 10.9. The van der Waals surface area contributed by atoms with E-state index in [0.717, 1.165) is 122 Å². The second kappa shape index (κ2) is 30.4. The zero-order chi connectivity index (χ0) is 81.5. The average molecular weight is 1530 g/mol. The Labute approximate surface area is 687 Å².